The van der Waals surface area contributed by atoms with Crippen molar-refractivity contribution in [1.29, 1.82) is 0 Å². The minimum absolute atomic E-state index is 0.307. The first-order valence-electron chi connectivity index (χ1n) is 9.55. The maximum Gasteiger partial charge on any atom is 0.245 e. The quantitative estimate of drug-likeness (QED) is 0.580. The Morgan fingerprint density at radius 2 is 1.50 bits per heavy atom. The van der Waals surface area contributed by atoms with Crippen LogP contribution < -0.4 is 14.4 Å². The zero-order valence-corrected chi connectivity index (χ0v) is 17.7. The lowest BCUT2D eigenvalue weighted by Gasteiger charge is -2.24. The highest BCUT2D eigenvalue weighted by Crippen LogP contribution is 2.25. The number of benzene rings is 3. The van der Waals surface area contributed by atoms with Crippen molar-refractivity contribution in [3.8, 4) is 11.5 Å². The molecule has 1 amide bonds. The van der Waals surface area contributed by atoms with E-state index in [-0.39, 0.29) is 6.54 Å². The summed E-state index contributed by atoms with van der Waals surface area (Å²) in [6.07, 6.45) is 1.76. The van der Waals surface area contributed by atoms with E-state index < -0.39 is 15.9 Å². The van der Waals surface area contributed by atoms with Crippen molar-refractivity contribution in [1.82, 2.24) is 0 Å². The maximum atomic E-state index is 12.6. The van der Waals surface area contributed by atoms with Gasteiger partial charge in [-0.1, -0.05) is 43.3 Å². The monoisotopic (exact) mass is 424 g/mol. The zero-order valence-electron chi connectivity index (χ0n) is 16.9. The molecular formula is C23H24N2O4S. The smallest absolute Gasteiger partial charge is 0.245 e. The molecule has 156 valence electrons. The number of sulfonamides is 1. The Kier molecular flexibility index (Phi) is 6.74. The van der Waals surface area contributed by atoms with E-state index >= 15 is 0 Å². The molecule has 3 aromatic carbocycles. The average Bonchev–Trinajstić information content (AvgIpc) is 2.73. The van der Waals surface area contributed by atoms with Crippen LogP contribution in [0.3, 0.4) is 0 Å². The normalized spacial score (nSPS) is 11.0. The highest BCUT2D eigenvalue weighted by Gasteiger charge is 2.22. The van der Waals surface area contributed by atoms with E-state index in [1.807, 2.05) is 49.4 Å². The number of nitrogens with one attached hydrogen (secondary N) is 1. The van der Waals surface area contributed by atoms with E-state index in [0.717, 1.165) is 16.1 Å². The first-order valence-corrected chi connectivity index (χ1v) is 11.4. The summed E-state index contributed by atoms with van der Waals surface area (Å²) in [6, 6.07) is 23.5. The van der Waals surface area contributed by atoms with Gasteiger partial charge in [0.15, 0.2) is 0 Å². The van der Waals surface area contributed by atoms with Gasteiger partial charge in [0.2, 0.25) is 15.9 Å². The van der Waals surface area contributed by atoms with Crippen molar-refractivity contribution >= 4 is 27.3 Å². The molecule has 0 atom stereocenters. The fourth-order valence-corrected chi connectivity index (χ4v) is 3.88. The molecule has 6 nitrogen and oxygen atoms in total. The molecule has 0 aliphatic carbocycles. The number of anilines is 2. The average molecular weight is 425 g/mol. The van der Waals surface area contributed by atoms with Gasteiger partial charge in [-0.05, 0) is 54.4 Å². The van der Waals surface area contributed by atoms with Gasteiger partial charge in [-0.25, -0.2) is 8.42 Å². The van der Waals surface area contributed by atoms with Gasteiger partial charge in [0.25, 0.3) is 0 Å². The summed E-state index contributed by atoms with van der Waals surface area (Å²) in [6.45, 7) is 1.64. The number of rotatable bonds is 8. The second kappa shape index (κ2) is 9.45. The van der Waals surface area contributed by atoms with Crippen LogP contribution >= 0.6 is 0 Å². The molecule has 0 aromatic heterocycles. The first kappa shape index (κ1) is 21.4. The van der Waals surface area contributed by atoms with Crippen LogP contribution in [-0.2, 0) is 21.2 Å². The summed E-state index contributed by atoms with van der Waals surface area (Å²) in [5.41, 5.74) is 1.93. The maximum absolute atomic E-state index is 12.6. The predicted octanol–water partition coefficient (Wildman–Crippen LogP) is 4.45. The topological polar surface area (TPSA) is 75.7 Å². The van der Waals surface area contributed by atoms with Crippen molar-refractivity contribution in [2.75, 3.05) is 22.4 Å². The lowest BCUT2D eigenvalue weighted by atomic mass is 10.1. The van der Waals surface area contributed by atoms with Crippen molar-refractivity contribution < 1.29 is 17.9 Å². The zero-order chi connectivity index (χ0) is 21.6. The lowest BCUT2D eigenvalue weighted by Crippen LogP contribution is -2.38. The molecule has 1 N–H and O–H groups in total. The van der Waals surface area contributed by atoms with E-state index in [1.54, 1.807) is 36.4 Å². The summed E-state index contributed by atoms with van der Waals surface area (Å²) in [7, 11) is -3.63. The fraction of sp³-hybridized carbons (Fsp3) is 0.174. The number of ether oxygens (including phenoxy) is 1. The molecule has 0 fully saturated rings. The molecule has 0 unspecified atom stereocenters. The molecule has 0 radical (unpaired) electrons. The molecule has 3 rings (SSSR count). The van der Waals surface area contributed by atoms with Crippen molar-refractivity contribution in [2.45, 2.75) is 13.3 Å². The highest BCUT2D eigenvalue weighted by molar-refractivity contribution is 7.92. The van der Waals surface area contributed by atoms with Gasteiger partial charge >= 0.3 is 0 Å². The molecule has 7 heteroatoms. The van der Waals surface area contributed by atoms with Crippen LogP contribution in [0, 0.1) is 0 Å². The summed E-state index contributed by atoms with van der Waals surface area (Å²) in [5, 5.41) is 2.74. The predicted molar refractivity (Wildman–Crippen MR) is 120 cm³/mol. The van der Waals surface area contributed by atoms with Crippen molar-refractivity contribution in [2.24, 2.45) is 0 Å². The summed E-state index contributed by atoms with van der Waals surface area (Å²) >= 11 is 0. The van der Waals surface area contributed by atoms with Crippen LogP contribution in [0.25, 0.3) is 0 Å². The molecule has 0 saturated heterocycles. The molecule has 30 heavy (non-hydrogen) atoms. The molecular weight excluding hydrogens is 400 g/mol. The van der Waals surface area contributed by atoms with E-state index in [1.165, 1.54) is 0 Å². The van der Waals surface area contributed by atoms with Gasteiger partial charge in [0.05, 0.1) is 11.9 Å². The SMILES string of the molecule is CCc1ccccc1N(CC(=O)Nc1ccc(Oc2ccccc2)cc1)S(C)(=O)=O. The van der Waals surface area contributed by atoms with E-state index in [2.05, 4.69) is 5.32 Å². The first-order chi connectivity index (χ1) is 14.4. The number of aryl methyl sites for hydroxylation is 1. The molecule has 0 spiro atoms. The third-order valence-electron chi connectivity index (χ3n) is 4.45. The van der Waals surface area contributed by atoms with Gasteiger partial charge in [0.1, 0.15) is 18.0 Å². The molecule has 0 aliphatic heterocycles. The van der Waals surface area contributed by atoms with Crippen LogP contribution in [0.2, 0.25) is 0 Å². The Bertz CT molecular complexity index is 1100. The Balaban J connectivity index is 1.70. The van der Waals surface area contributed by atoms with Gasteiger partial charge in [-0.3, -0.25) is 9.10 Å². The third-order valence-corrected chi connectivity index (χ3v) is 5.57. The van der Waals surface area contributed by atoms with Crippen molar-refractivity contribution in [3.05, 3.63) is 84.4 Å². The second-order valence-electron chi connectivity index (χ2n) is 6.74. The number of amides is 1. The number of hydrogen-bond donors (Lipinski definition) is 1. The molecule has 0 saturated carbocycles. The highest BCUT2D eigenvalue weighted by atomic mass is 32.2. The fourth-order valence-electron chi connectivity index (χ4n) is 3.00. The van der Waals surface area contributed by atoms with Gasteiger partial charge in [-0.2, -0.15) is 0 Å². The number of carbonyl (C=O) groups is 1. The van der Waals surface area contributed by atoms with Gasteiger partial charge in [0, 0.05) is 5.69 Å². The summed E-state index contributed by atoms with van der Waals surface area (Å²) in [4.78, 5) is 12.6. The lowest BCUT2D eigenvalue weighted by molar-refractivity contribution is -0.114. The number of carbonyl (C=O) groups excluding carboxylic acids is 1. The van der Waals surface area contributed by atoms with E-state index in [9.17, 15) is 13.2 Å². The molecule has 0 aliphatic rings. The Hall–Kier alpha value is -3.32. The van der Waals surface area contributed by atoms with Crippen LogP contribution in [0.4, 0.5) is 11.4 Å². The third kappa shape index (κ3) is 5.61. The molecule has 3 aromatic rings. The Morgan fingerprint density at radius 3 is 2.13 bits per heavy atom. The van der Waals surface area contributed by atoms with Crippen LogP contribution in [0.1, 0.15) is 12.5 Å². The number of nitrogens with zero attached hydrogens (tertiary/aromatic N) is 1. The Labute approximate surface area is 177 Å². The number of hydrogen-bond acceptors (Lipinski definition) is 4. The van der Waals surface area contributed by atoms with Crippen LogP contribution in [-0.4, -0.2) is 27.1 Å². The minimum atomic E-state index is -3.63. The summed E-state index contributed by atoms with van der Waals surface area (Å²) in [5.74, 6) is 0.921. The largest absolute Gasteiger partial charge is 0.457 e. The van der Waals surface area contributed by atoms with E-state index in [0.29, 0.717) is 29.3 Å². The summed E-state index contributed by atoms with van der Waals surface area (Å²) < 4.78 is 31.5. The Morgan fingerprint density at radius 1 is 0.900 bits per heavy atom. The number of para-hydroxylation sites is 2. The van der Waals surface area contributed by atoms with Gasteiger partial charge < -0.3 is 10.1 Å². The van der Waals surface area contributed by atoms with Gasteiger partial charge in [-0.15, -0.1) is 0 Å². The molecule has 0 bridgehead atoms. The standard InChI is InChI=1S/C23H24N2O4S/c1-3-18-9-7-8-12-22(18)25(30(2,27)28)17-23(26)24-19-13-15-21(16-14-19)29-20-10-5-4-6-11-20/h4-16H,3,17H2,1-2H3,(H,24,26). The minimum Gasteiger partial charge on any atom is -0.457 e. The van der Waals surface area contributed by atoms with Crippen LogP contribution in [0.15, 0.2) is 78.9 Å². The second-order valence-corrected chi connectivity index (χ2v) is 8.65. The molecule has 0 heterocycles. The van der Waals surface area contributed by atoms with E-state index in [4.69, 9.17) is 4.74 Å². The van der Waals surface area contributed by atoms with Crippen LogP contribution in [0.5, 0.6) is 11.5 Å². The van der Waals surface area contributed by atoms with Crippen molar-refractivity contribution in [3.63, 3.8) is 0 Å².